The minimum Gasteiger partial charge on any atom is -0.395 e. The molecule has 4 nitrogen and oxygen atoms in total. The molecule has 0 radical (unpaired) electrons. The Morgan fingerprint density at radius 3 is 2.45 bits per heavy atom. The predicted molar refractivity (Wildman–Crippen MR) is 82.7 cm³/mol. The first-order valence-electron chi connectivity index (χ1n) is 7.19. The quantitative estimate of drug-likeness (QED) is 0.767. The molecule has 2 N–H and O–H groups in total. The average Bonchev–Trinajstić information content (AvgIpc) is 2.40. The number of nitrogens with one attached hydrogen (secondary N) is 1. The molecule has 0 saturated carbocycles. The van der Waals surface area contributed by atoms with E-state index in [4.69, 9.17) is 5.11 Å². The molecule has 0 atom stereocenters. The van der Waals surface area contributed by atoms with Gasteiger partial charge < -0.3 is 15.3 Å². The first-order valence-corrected chi connectivity index (χ1v) is 7.19. The van der Waals surface area contributed by atoms with Gasteiger partial charge in [-0.05, 0) is 38.9 Å². The molecule has 0 heterocycles. The lowest BCUT2D eigenvalue weighted by molar-refractivity contribution is -0.125. The van der Waals surface area contributed by atoms with Crippen LogP contribution >= 0.6 is 0 Å². The van der Waals surface area contributed by atoms with E-state index in [9.17, 15) is 4.79 Å². The van der Waals surface area contributed by atoms with Gasteiger partial charge in [-0.15, -0.1) is 0 Å². The largest absolute Gasteiger partial charge is 0.395 e. The van der Waals surface area contributed by atoms with Crippen LogP contribution in [-0.4, -0.2) is 42.2 Å². The number of aliphatic hydroxyl groups excluding tert-OH is 1. The van der Waals surface area contributed by atoms with Crippen LogP contribution in [0.1, 0.15) is 27.2 Å². The van der Waals surface area contributed by atoms with Gasteiger partial charge in [-0.25, -0.2) is 0 Å². The summed E-state index contributed by atoms with van der Waals surface area (Å²) in [7, 11) is 0. The lowest BCUT2D eigenvalue weighted by Crippen LogP contribution is -2.43. The summed E-state index contributed by atoms with van der Waals surface area (Å²) >= 11 is 0. The van der Waals surface area contributed by atoms with Crippen LogP contribution in [0.5, 0.6) is 0 Å². The van der Waals surface area contributed by atoms with E-state index >= 15 is 0 Å². The fourth-order valence-electron chi connectivity index (χ4n) is 2.18. The molecule has 0 aromatic heterocycles. The summed E-state index contributed by atoms with van der Waals surface area (Å²) in [6.07, 6.45) is 1.01. The molecular weight excluding hydrogens is 252 g/mol. The van der Waals surface area contributed by atoms with Crippen molar-refractivity contribution in [2.75, 3.05) is 31.6 Å². The van der Waals surface area contributed by atoms with Crippen LogP contribution in [0.15, 0.2) is 30.3 Å². The zero-order valence-electron chi connectivity index (χ0n) is 12.7. The van der Waals surface area contributed by atoms with Crippen molar-refractivity contribution < 1.29 is 9.90 Å². The minimum absolute atomic E-state index is 0.00254. The first-order chi connectivity index (χ1) is 9.49. The molecule has 112 valence electrons. The number of amides is 1. The highest BCUT2D eigenvalue weighted by atomic mass is 16.3. The molecular formula is C16H26N2O2. The van der Waals surface area contributed by atoms with Gasteiger partial charge in [-0.3, -0.25) is 4.79 Å². The summed E-state index contributed by atoms with van der Waals surface area (Å²) in [4.78, 5) is 14.5. The van der Waals surface area contributed by atoms with Crippen LogP contribution < -0.4 is 5.32 Å². The SMILES string of the molecule is CCCN(CCO)CC(C)(C)C(=O)Nc1ccccc1. The third-order valence-corrected chi connectivity index (χ3v) is 3.22. The number of para-hydroxylation sites is 1. The van der Waals surface area contributed by atoms with Crippen molar-refractivity contribution >= 4 is 11.6 Å². The van der Waals surface area contributed by atoms with Crippen molar-refractivity contribution in [3.05, 3.63) is 30.3 Å². The molecule has 0 unspecified atom stereocenters. The van der Waals surface area contributed by atoms with Gasteiger partial charge >= 0.3 is 0 Å². The molecule has 1 aromatic rings. The summed E-state index contributed by atoms with van der Waals surface area (Å²) < 4.78 is 0. The van der Waals surface area contributed by atoms with Crippen LogP contribution in [-0.2, 0) is 4.79 Å². The smallest absolute Gasteiger partial charge is 0.231 e. The van der Waals surface area contributed by atoms with Crippen LogP contribution in [0.3, 0.4) is 0 Å². The lowest BCUT2D eigenvalue weighted by Gasteiger charge is -2.31. The molecule has 1 amide bonds. The van der Waals surface area contributed by atoms with E-state index in [2.05, 4.69) is 17.1 Å². The third-order valence-electron chi connectivity index (χ3n) is 3.22. The Balaban J connectivity index is 2.63. The molecule has 1 rings (SSSR count). The normalized spacial score (nSPS) is 11.7. The maximum Gasteiger partial charge on any atom is 0.231 e. The highest BCUT2D eigenvalue weighted by Crippen LogP contribution is 2.20. The number of nitrogens with zero attached hydrogens (tertiary/aromatic N) is 1. The Morgan fingerprint density at radius 2 is 1.90 bits per heavy atom. The summed E-state index contributed by atoms with van der Waals surface area (Å²) in [5, 5.41) is 12.0. The van der Waals surface area contributed by atoms with E-state index in [1.807, 2.05) is 44.2 Å². The molecule has 0 aliphatic heterocycles. The van der Waals surface area contributed by atoms with Gasteiger partial charge in [0.25, 0.3) is 0 Å². The van der Waals surface area contributed by atoms with E-state index < -0.39 is 5.41 Å². The van der Waals surface area contributed by atoms with Crippen molar-refractivity contribution in [3.8, 4) is 0 Å². The first kappa shape index (κ1) is 16.7. The van der Waals surface area contributed by atoms with Crippen molar-refractivity contribution in [2.45, 2.75) is 27.2 Å². The Morgan fingerprint density at radius 1 is 1.25 bits per heavy atom. The summed E-state index contributed by atoms with van der Waals surface area (Å²) in [5.41, 5.74) is 0.315. The van der Waals surface area contributed by atoms with Crippen molar-refractivity contribution in [1.82, 2.24) is 4.90 Å². The number of carbonyl (C=O) groups is 1. The van der Waals surface area contributed by atoms with Gasteiger partial charge in [0, 0.05) is 18.8 Å². The molecule has 4 heteroatoms. The monoisotopic (exact) mass is 278 g/mol. The Bertz CT molecular complexity index is 398. The van der Waals surface area contributed by atoms with Crippen molar-refractivity contribution in [2.24, 2.45) is 5.41 Å². The number of benzene rings is 1. The predicted octanol–water partition coefficient (Wildman–Crippen LogP) is 2.36. The molecule has 1 aromatic carbocycles. The van der Waals surface area contributed by atoms with Crippen LogP contribution in [0, 0.1) is 5.41 Å². The fraction of sp³-hybridized carbons (Fsp3) is 0.562. The second-order valence-corrected chi connectivity index (χ2v) is 5.70. The van der Waals surface area contributed by atoms with Crippen molar-refractivity contribution in [1.29, 1.82) is 0 Å². The topological polar surface area (TPSA) is 52.6 Å². The Hall–Kier alpha value is -1.39. The van der Waals surface area contributed by atoms with E-state index in [1.165, 1.54) is 0 Å². The number of carbonyl (C=O) groups excluding carboxylic acids is 1. The van der Waals surface area contributed by atoms with Gasteiger partial charge in [0.05, 0.1) is 12.0 Å². The zero-order valence-corrected chi connectivity index (χ0v) is 12.7. The van der Waals surface area contributed by atoms with Gasteiger partial charge in [-0.2, -0.15) is 0 Å². The molecule has 0 aliphatic carbocycles. The highest BCUT2D eigenvalue weighted by molar-refractivity contribution is 5.94. The number of aliphatic hydroxyl groups is 1. The van der Waals surface area contributed by atoms with Gasteiger partial charge in [0.2, 0.25) is 5.91 Å². The van der Waals surface area contributed by atoms with E-state index in [0.29, 0.717) is 13.1 Å². The summed E-state index contributed by atoms with van der Waals surface area (Å²) in [6, 6.07) is 9.48. The van der Waals surface area contributed by atoms with E-state index in [-0.39, 0.29) is 12.5 Å². The molecule has 0 bridgehead atoms. The molecule has 0 fully saturated rings. The number of anilines is 1. The minimum atomic E-state index is -0.500. The number of hydrogen-bond donors (Lipinski definition) is 2. The van der Waals surface area contributed by atoms with Gasteiger partial charge in [0.15, 0.2) is 0 Å². The highest BCUT2D eigenvalue weighted by Gasteiger charge is 2.29. The maximum atomic E-state index is 12.4. The Kier molecular flexibility index (Phi) is 6.68. The van der Waals surface area contributed by atoms with Gasteiger partial charge in [-0.1, -0.05) is 25.1 Å². The van der Waals surface area contributed by atoms with Crippen LogP contribution in [0.25, 0.3) is 0 Å². The van der Waals surface area contributed by atoms with Crippen LogP contribution in [0.4, 0.5) is 5.69 Å². The van der Waals surface area contributed by atoms with E-state index in [1.54, 1.807) is 0 Å². The van der Waals surface area contributed by atoms with Crippen molar-refractivity contribution in [3.63, 3.8) is 0 Å². The van der Waals surface area contributed by atoms with Crippen LogP contribution in [0.2, 0.25) is 0 Å². The lowest BCUT2D eigenvalue weighted by atomic mass is 9.91. The number of rotatable bonds is 8. The molecule has 0 saturated heterocycles. The molecule has 20 heavy (non-hydrogen) atoms. The average molecular weight is 278 g/mol. The zero-order chi connectivity index (χ0) is 15.0. The second kappa shape index (κ2) is 8.02. The second-order valence-electron chi connectivity index (χ2n) is 5.70. The summed E-state index contributed by atoms with van der Waals surface area (Å²) in [5.74, 6) is 0.00254. The molecule has 0 spiro atoms. The third kappa shape index (κ3) is 5.31. The summed E-state index contributed by atoms with van der Waals surface area (Å²) in [6.45, 7) is 8.23. The maximum absolute atomic E-state index is 12.4. The molecule has 0 aliphatic rings. The Labute approximate surface area is 121 Å². The standard InChI is InChI=1S/C16H26N2O2/c1-4-10-18(11-12-19)13-16(2,3)15(20)17-14-8-6-5-7-9-14/h5-9,19H,4,10-13H2,1-3H3,(H,17,20). The number of hydrogen-bond acceptors (Lipinski definition) is 3. The van der Waals surface area contributed by atoms with Gasteiger partial charge in [0.1, 0.15) is 0 Å². The fourth-order valence-corrected chi connectivity index (χ4v) is 2.18. The van der Waals surface area contributed by atoms with E-state index in [0.717, 1.165) is 18.7 Å².